The molecule has 1 heterocycles. The Bertz CT molecular complexity index is 497. The molecular weight excluding hydrogens is 230 g/mol. The van der Waals surface area contributed by atoms with E-state index in [1.165, 1.54) is 12.1 Å². The van der Waals surface area contributed by atoms with Crippen molar-refractivity contribution in [1.29, 1.82) is 0 Å². The van der Waals surface area contributed by atoms with Gasteiger partial charge in [0.05, 0.1) is 4.90 Å². The maximum atomic E-state index is 12.0. The monoisotopic (exact) mass is 241 g/mol. The molecule has 0 unspecified atom stereocenters. The SMILES string of the molecule is O=C(O)[C@@H]1CCN1S(=O)(=O)c1ccccc1. The lowest BCUT2D eigenvalue weighted by molar-refractivity contribution is -0.144. The average molecular weight is 241 g/mol. The first-order valence-electron chi connectivity index (χ1n) is 4.83. The standard InChI is InChI=1S/C10H11NO4S/c12-10(13)9-6-7-11(9)16(14,15)8-4-2-1-3-5-8/h1-5,9H,6-7H2,(H,12,13)/t9-/m0/s1. The molecule has 0 bridgehead atoms. The van der Waals surface area contributed by atoms with Crippen LogP contribution in [0.25, 0.3) is 0 Å². The maximum Gasteiger partial charge on any atom is 0.322 e. The Hall–Kier alpha value is -1.40. The quantitative estimate of drug-likeness (QED) is 0.837. The van der Waals surface area contributed by atoms with E-state index < -0.39 is 22.0 Å². The van der Waals surface area contributed by atoms with Crippen LogP contribution >= 0.6 is 0 Å². The first-order valence-corrected chi connectivity index (χ1v) is 6.27. The summed E-state index contributed by atoms with van der Waals surface area (Å²) in [5.41, 5.74) is 0. The molecule has 6 heteroatoms. The first-order chi connectivity index (χ1) is 7.53. The second-order valence-electron chi connectivity index (χ2n) is 3.57. The van der Waals surface area contributed by atoms with Crippen molar-refractivity contribution < 1.29 is 18.3 Å². The zero-order chi connectivity index (χ0) is 11.8. The number of carboxylic acids is 1. The van der Waals surface area contributed by atoms with Crippen LogP contribution < -0.4 is 0 Å². The van der Waals surface area contributed by atoms with Gasteiger partial charge in [0, 0.05) is 6.54 Å². The minimum atomic E-state index is -3.64. The number of carboxylic acid groups (broad SMARTS) is 1. The van der Waals surface area contributed by atoms with Crippen molar-refractivity contribution in [2.45, 2.75) is 17.4 Å². The third kappa shape index (κ3) is 1.70. The van der Waals surface area contributed by atoms with Gasteiger partial charge in [0.1, 0.15) is 6.04 Å². The van der Waals surface area contributed by atoms with E-state index in [9.17, 15) is 13.2 Å². The molecule has 0 aromatic heterocycles. The molecule has 0 amide bonds. The molecule has 1 aliphatic rings. The van der Waals surface area contributed by atoms with Gasteiger partial charge >= 0.3 is 5.97 Å². The van der Waals surface area contributed by atoms with Crippen LogP contribution in [0, 0.1) is 0 Å². The molecule has 1 aliphatic heterocycles. The normalized spacial score (nSPS) is 21.4. The Morgan fingerprint density at radius 3 is 2.38 bits per heavy atom. The number of aliphatic carboxylic acids is 1. The predicted molar refractivity (Wildman–Crippen MR) is 56.4 cm³/mol. The molecule has 5 nitrogen and oxygen atoms in total. The maximum absolute atomic E-state index is 12.0. The van der Waals surface area contributed by atoms with Crippen LogP contribution in [-0.4, -0.2) is 36.4 Å². The van der Waals surface area contributed by atoms with Gasteiger partial charge in [-0.3, -0.25) is 4.79 Å². The average Bonchev–Trinajstić information content (AvgIpc) is 2.15. The summed E-state index contributed by atoms with van der Waals surface area (Å²) in [5, 5.41) is 8.81. The minimum absolute atomic E-state index is 0.140. The summed E-state index contributed by atoms with van der Waals surface area (Å²) in [5.74, 6) is -1.09. The first kappa shape index (κ1) is 11.1. The molecule has 16 heavy (non-hydrogen) atoms. The number of sulfonamides is 1. The van der Waals surface area contributed by atoms with Crippen LogP contribution in [0.1, 0.15) is 6.42 Å². The topological polar surface area (TPSA) is 74.7 Å². The second-order valence-corrected chi connectivity index (χ2v) is 5.46. The lowest BCUT2D eigenvalue weighted by Crippen LogP contribution is -2.54. The summed E-state index contributed by atoms with van der Waals surface area (Å²) in [4.78, 5) is 10.9. The summed E-state index contributed by atoms with van der Waals surface area (Å²) in [6.45, 7) is 0.272. The zero-order valence-corrected chi connectivity index (χ0v) is 9.22. The van der Waals surface area contributed by atoms with Crippen LogP contribution in [0.5, 0.6) is 0 Å². The Morgan fingerprint density at radius 1 is 1.31 bits per heavy atom. The van der Waals surface area contributed by atoms with Gasteiger partial charge < -0.3 is 5.11 Å². The molecule has 1 N–H and O–H groups in total. The van der Waals surface area contributed by atoms with Crippen molar-refractivity contribution in [2.24, 2.45) is 0 Å². The van der Waals surface area contributed by atoms with Crippen molar-refractivity contribution >= 4 is 16.0 Å². The second kappa shape index (κ2) is 3.88. The molecule has 0 aliphatic carbocycles. The Kier molecular flexibility index (Phi) is 2.69. The Labute approximate surface area is 93.4 Å². The van der Waals surface area contributed by atoms with Crippen molar-refractivity contribution in [3.05, 3.63) is 30.3 Å². The molecule has 0 saturated carbocycles. The van der Waals surface area contributed by atoms with Crippen LogP contribution in [0.2, 0.25) is 0 Å². The van der Waals surface area contributed by atoms with E-state index in [1.54, 1.807) is 18.2 Å². The third-order valence-corrected chi connectivity index (χ3v) is 4.53. The number of hydrogen-bond acceptors (Lipinski definition) is 3. The number of rotatable bonds is 3. The molecule has 0 radical (unpaired) electrons. The van der Waals surface area contributed by atoms with Gasteiger partial charge in [0.2, 0.25) is 10.0 Å². The number of hydrogen-bond donors (Lipinski definition) is 1. The minimum Gasteiger partial charge on any atom is -0.480 e. The molecule has 1 aromatic rings. The van der Waals surface area contributed by atoms with E-state index in [4.69, 9.17) is 5.11 Å². The zero-order valence-electron chi connectivity index (χ0n) is 8.41. The van der Waals surface area contributed by atoms with Gasteiger partial charge in [-0.25, -0.2) is 8.42 Å². The van der Waals surface area contributed by atoms with Crippen molar-refractivity contribution in [2.75, 3.05) is 6.54 Å². The third-order valence-electron chi connectivity index (χ3n) is 2.61. The molecular formula is C10H11NO4S. The largest absolute Gasteiger partial charge is 0.480 e. The number of benzene rings is 1. The Morgan fingerprint density at radius 2 is 1.94 bits per heavy atom. The van der Waals surface area contributed by atoms with Gasteiger partial charge in [-0.15, -0.1) is 0 Å². The summed E-state index contributed by atoms with van der Waals surface area (Å²) in [6, 6.07) is 6.96. The van der Waals surface area contributed by atoms with Crippen molar-refractivity contribution in [1.82, 2.24) is 4.31 Å². The van der Waals surface area contributed by atoms with E-state index in [0.717, 1.165) is 4.31 Å². The van der Waals surface area contributed by atoms with E-state index in [2.05, 4.69) is 0 Å². The highest BCUT2D eigenvalue weighted by molar-refractivity contribution is 7.89. The molecule has 0 spiro atoms. The Balaban J connectivity index is 2.31. The lowest BCUT2D eigenvalue weighted by atomic mass is 10.1. The number of carbonyl (C=O) groups is 1. The van der Waals surface area contributed by atoms with Crippen molar-refractivity contribution in [3.8, 4) is 0 Å². The molecule has 1 aromatic carbocycles. The van der Waals surface area contributed by atoms with Gasteiger partial charge in [-0.05, 0) is 18.6 Å². The fourth-order valence-corrected chi connectivity index (χ4v) is 3.27. The molecule has 86 valence electrons. The fraction of sp³-hybridized carbons (Fsp3) is 0.300. The number of nitrogens with zero attached hydrogens (tertiary/aromatic N) is 1. The van der Waals surface area contributed by atoms with Gasteiger partial charge in [-0.2, -0.15) is 4.31 Å². The van der Waals surface area contributed by atoms with Gasteiger partial charge in [-0.1, -0.05) is 18.2 Å². The molecule has 1 fully saturated rings. The predicted octanol–water partition coefficient (Wildman–Crippen LogP) is 0.534. The summed E-state index contributed by atoms with van der Waals surface area (Å²) >= 11 is 0. The van der Waals surface area contributed by atoms with Crippen LogP contribution in [-0.2, 0) is 14.8 Å². The fourth-order valence-electron chi connectivity index (χ4n) is 1.63. The van der Waals surface area contributed by atoms with Crippen LogP contribution in [0.4, 0.5) is 0 Å². The lowest BCUT2D eigenvalue weighted by Gasteiger charge is -2.36. The summed E-state index contributed by atoms with van der Waals surface area (Å²) in [7, 11) is -3.64. The highest BCUT2D eigenvalue weighted by Crippen LogP contribution is 2.26. The van der Waals surface area contributed by atoms with E-state index in [1.807, 2.05) is 0 Å². The van der Waals surface area contributed by atoms with Crippen molar-refractivity contribution in [3.63, 3.8) is 0 Å². The van der Waals surface area contributed by atoms with Crippen LogP contribution in [0.3, 0.4) is 0 Å². The summed E-state index contributed by atoms with van der Waals surface area (Å²) < 4.78 is 25.0. The highest BCUT2D eigenvalue weighted by atomic mass is 32.2. The highest BCUT2D eigenvalue weighted by Gasteiger charge is 2.42. The van der Waals surface area contributed by atoms with E-state index in [0.29, 0.717) is 6.42 Å². The molecule has 1 atom stereocenters. The van der Waals surface area contributed by atoms with Gasteiger partial charge in [0.15, 0.2) is 0 Å². The van der Waals surface area contributed by atoms with Gasteiger partial charge in [0.25, 0.3) is 0 Å². The van der Waals surface area contributed by atoms with E-state index >= 15 is 0 Å². The van der Waals surface area contributed by atoms with E-state index in [-0.39, 0.29) is 11.4 Å². The summed E-state index contributed by atoms with van der Waals surface area (Å²) in [6.07, 6.45) is 0.376. The molecule has 2 rings (SSSR count). The van der Waals surface area contributed by atoms with Crippen LogP contribution in [0.15, 0.2) is 35.2 Å². The smallest absolute Gasteiger partial charge is 0.322 e. The molecule has 1 saturated heterocycles.